The van der Waals surface area contributed by atoms with Crippen LogP contribution in [0.1, 0.15) is 25.3 Å². The summed E-state index contributed by atoms with van der Waals surface area (Å²) < 4.78 is 23.9. The Labute approximate surface area is 127 Å². The zero-order valence-electron chi connectivity index (χ0n) is 13.2. The molecule has 0 amide bonds. The molecule has 0 fully saturated rings. The number of methoxy groups -OCH3 is 1. The molecule has 0 aliphatic rings. The Morgan fingerprint density at radius 2 is 2.10 bits per heavy atom. The molecular formula is C17H28FNO2. The van der Waals surface area contributed by atoms with Crippen LogP contribution in [0.4, 0.5) is 4.39 Å². The van der Waals surface area contributed by atoms with Crippen molar-refractivity contribution in [3.63, 3.8) is 0 Å². The van der Waals surface area contributed by atoms with E-state index < -0.39 is 0 Å². The minimum Gasteiger partial charge on any atom is -0.383 e. The number of benzene rings is 1. The Bertz CT molecular complexity index is 362. The lowest BCUT2D eigenvalue weighted by atomic mass is 9.96. The Morgan fingerprint density at radius 1 is 1.24 bits per heavy atom. The van der Waals surface area contributed by atoms with Gasteiger partial charge in [0.15, 0.2) is 0 Å². The number of ether oxygens (including phenoxy) is 2. The SMILES string of the molecule is CCCOCCC(CNCCOC)Cc1cccc(F)c1. The lowest BCUT2D eigenvalue weighted by Crippen LogP contribution is -2.28. The summed E-state index contributed by atoms with van der Waals surface area (Å²) in [7, 11) is 1.70. The second-order valence-corrected chi connectivity index (χ2v) is 5.30. The molecule has 0 aliphatic carbocycles. The molecule has 0 bridgehead atoms. The average Bonchev–Trinajstić information content (AvgIpc) is 2.48. The molecule has 4 heteroatoms. The van der Waals surface area contributed by atoms with Gasteiger partial charge in [-0.3, -0.25) is 0 Å². The van der Waals surface area contributed by atoms with Crippen molar-refractivity contribution in [2.75, 3.05) is 40.0 Å². The van der Waals surface area contributed by atoms with E-state index >= 15 is 0 Å². The van der Waals surface area contributed by atoms with Gasteiger partial charge >= 0.3 is 0 Å². The molecular weight excluding hydrogens is 269 g/mol. The maximum atomic E-state index is 13.3. The van der Waals surface area contributed by atoms with Crippen LogP contribution in [0, 0.1) is 11.7 Å². The van der Waals surface area contributed by atoms with Crippen molar-refractivity contribution < 1.29 is 13.9 Å². The first-order valence-corrected chi connectivity index (χ1v) is 7.78. The van der Waals surface area contributed by atoms with Crippen molar-refractivity contribution in [2.45, 2.75) is 26.2 Å². The van der Waals surface area contributed by atoms with Crippen molar-refractivity contribution in [1.82, 2.24) is 5.32 Å². The lowest BCUT2D eigenvalue weighted by Gasteiger charge is -2.18. The van der Waals surface area contributed by atoms with Crippen LogP contribution in [0.25, 0.3) is 0 Å². The Hall–Kier alpha value is -0.970. The van der Waals surface area contributed by atoms with Crippen LogP contribution in [-0.2, 0) is 15.9 Å². The molecule has 0 aliphatic heterocycles. The van der Waals surface area contributed by atoms with Gasteiger partial charge in [0.1, 0.15) is 5.82 Å². The van der Waals surface area contributed by atoms with Crippen molar-refractivity contribution in [1.29, 1.82) is 0 Å². The fraction of sp³-hybridized carbons (Fsp3) is 0.647. The van der Waals surface area contributed by atoms with E-state index in [1.807, 2.05) is 6.07 Å². The molecule has 3 nitrogen and oxygen atoms in total. The molecule has 0 saturated heterocycles. The fourth-order valence-corrected chi connectivity index (χ4v) is 2.25. The molecule has 21 heavy (non-hydrogen) atoms. The number of rotatable bonds is 12. The largest absolute Gasteiger partial charge is 0.383 e. The molecule has 120 valence electrons. The summed E-state index contributed by atoms with van der Waals surface area (Å²) in [5, 5.41) is 3.39. The second-order valence-electron chi connectivity index (χ2n) is 5.30. The van der Waals surface area contributed by atoms with Crippen molar-refractivity contribution in [3.8, 4) is 0 Å². The van der Waals surface area contributed by atoms with Gasteiger partial charge in [0, 0.05) is 26.9 Å². The first-order valence-electron chi connectivity index (χ1n) is 7.78. The van der Waals surface area contributed by atoms with E-state index in [0.29, 0.717) is 12.5 Å². The number of nitrogens with one attached hydrogen (secondary N) is 1. The van der Waals surface area contributed by atoms with Gasteiger partial charge in [0.2, 0.25) is 0 Å². The van der Waals surface area contributed by atoms with Crippen molar-refractivity contribution in [3.05, 3.63) is 35.6 Å². The zero-order chi connectivity index (χ0) is 15.3. The summed E-state index contributed by atoms with van der Waals surface area (Å²) >= 11 is 0. The highest BCUT2D eigenvalue weighted by atomic mass is 19.1. The Morgan fingerprint density at radius 3 is 2.81 bits per heavy atom. The minimum atomic E-state index is -0.166. The van der Waals surface area contributed by atoms with Crippen LogP contribution < -0.4 is 5.32 Å². The molecule has 0 aromatic heterocycles. The summed E-state index contributed by atoms with van der Waals surface area (Å²) in [4.78, 5) is 0. The first kappa shape index (κ1) is 18.1. The van der Waals surface area contributed by atoms with E-state index in [2.05, 4.69) is 12.2 Å². The predicted octanol–water partition coefficient (Wildman–Crippen LogP) is 3.04. The molecule has 0 radical (unpaired) electrons. The van der Waals surface area contributed by atoms with Gasteiger partial charge in [0.05, 0.1) is 6.61 Å². The third-order valence-corrected chi connectivity index (χ3v) is 3.35. The number of hydrogen-bond acceptors (Lipinski definition) is 3. The van der Waals surface area contributed by atoms with Crippen LogP contribution in [0.15, 0.2) is 24.3 Å². The minimum absolute atomic E-state index is 0.166. The van der Waals surface area contributed by atoms with E-state index in [9.17, 15) is 4.39 Å². The summed E-state index contributed by atoms with van der Waals surface area (Å²) in [6, 6.07) is 6.86. The van der Waals surface area contributed by atoms with Crippen molar-refractivity contribution >= 4 is 0 Å². The number of hydrogen-bond donors (Lipinski definition) is 1. The van der Waals surface area contributed by atoms with E-state index in [4.69, 9.17) is 9.47 Å². The van der Waals surface area contributed by atoms with Crippen molar-refractivity contribution in [2.24, 2.45) is 5.92 Å². The number of halogens is 1. The van der Waals surface area contributed by atoms with E-state index in [1.165, 1.54) is 6.07 Å². The fourth-order valence-electron chi connectivity index (χ4n) is 2.25. The molecule has 0 saturated carbocycles. The molecule has 0 spiro atoms. The third-order valence-electron chi connectivity index (χ3n) is 3.35. The third kappa shape index (κ3) is 8.81. The summed E-state index contributed by atoms with van der Waals surface area (Å²) in [5.41, 5.74) is 1.05. The van der Waals surface area contributed by atoms with Crippen LogP contribution in [0.2, 0.25) is 0 Å². The highest BCUT2D eigenvalue weighted by Crippen LogP contribution is 2.13. The van der Waals surface area contributed by atoms with Crippen LogP contribution in [-0.4, -0.2) is 40.0 Å². The van der Waals surface area contributed by atoms with E-state index in [1.54, 1.807) is 19.2 Å². The van der Waals surface area contributed by atoms with Crippen LogP contribution in [0.3, 0.4) is 0 Å². The molecule has 1 N–H and O–H groups in total. The summed E-state index contributed by atoms with van der Waals surface area (Å²) in [6.45, 7) is 6.13. The molecule has 1 aromatic rings. The Kier molecular flexibility index (Phi) is 10.0. The van der Waals surface area contributed by atoms with Gasteiger partial charge in [-0.25, -0.2) is 4.39 Å². The Balaban J connectivity index is 2.41. The molecule has 1 unspecified atom stereocenters. The zero-order valence-corrected chi connectivity index (χ0v) is 13.2. The maximum Gasteiger partial charge on any atom is 0.123 e. The topological polar surface area (TPSA) is 30.5 Å². The summed E-state index contributed by atoms with van der Waals surface area (Å²) in [6.07, 6.45) is 2.89. The predicted molar refractivity (Wildman–Crippen MR) is 84.1 cm³/mol. The standard InChI is InChI=1S/C17H28FNO2/c1-3-9-21-10-7-16(14-19-8-11-20-2)12-15-5-4-6-17(18)13-15/h4-6,13,16,19H,3,7-12,14H2,1-2H3. The molecule has 0 heterocycles. The van der Waals surface area contributed by atoms with Gasteiger partial charge in [-0.1, -0.05) is 19.1 Å². The second kappa shape index (κ2) is 11.7. The van der Waals surface area contributed by atoms with Gasteiger partial charge < -0.3 is 14.8 Å². The van der Waals surface area contributed by atoms with Gasteiger partial charge in [-0.2, -0.15) is 0 Å². The molecule has 1 rings (SSSR count). The maximum absolute atomic E-state index is 13.3. The first-order chi connectivity index (χ1) is 10.3. The van der Waals surface area contributed by atoms with E-state index in [0.717, 1.165) is 51.1 Å². The van der Waals surface area contributed by atoms with Gasteiger partial charge in [-0.05, 0) is 49.4 Å². The normalized spacial score (nSPS) is 12.5. The van der Waals surface area contributed by atoms with E-state index in [-0.39, 0.29) is 5.82 Å². The van der Waals surface area contributed by atoms with Crippen LogP contribution >= 0.6 is 0 Å². The molecule has 1 aromatic carbocycles. The smallest absolute Gasteiger partial charge is 0.123 e. The van der Waals surface area contributed by atoms with Gasteiger partial charge in [0.25, 0.3) is 0 Å². The monoisotopic (exact) mass is 297 g/mol. The van der Waals surface area contributed by atoms with Gasteiger partial charge in [-0.15, -0.1) is 0 Å². The average molecular weight is 297 g/mol. The summed E-state index contributed by atoms with van der Waals surface area (Å²) in [5.74, 6) is 0.279. The lowest BCUT2D eigenvalue weighted by molar-refractivity contribution is 0.119. The quantitative estimate of drug-likeness (QED) is 0.602. The molecule has 1 atom stereocenters. The highest BCUT2D eigenvalue weighted by Gasteiger charge is 2.10. The van der Waals surface area contributed by atoms with Crippen LogP contribution in [0.5, 0.6) is 0 Å². The highest BCUT2D eigenvalue weighted by molar-refractivity contribution is 5.16.